The predicted octanol–water partition coefficient (Wildman–Crippen LogP) is 2.53. The van der Waals surface area contributed by atoms with Gasteiger partial charge in [-0.3, -0.25) is 9.59 Å². The van der Waals surface area contributed by atoms with Crippen molar-refractivity contribution in [2.75, 3.05) is 18.2 Å². The second-order valence-electron chi connectivity index (χ2n) is 5.31. The largest absolute Gasteiger partial charge is 0.497 e. The Balaban J connectivity index is 2.03. The topological polar surface area (TPSA) is 84.1 Å². The van der Waals surface area contributed by atoms with Gasteiger partial charge in [-0.05, 0) is 17.7 Å². The van der Waals surface area contributed by atoms with Crippen molar-refractivity contribution in [1.82, 2.24) is 9.97 Å². The fraction of sp³-hybridized carbons (Fsp3) is 0.235. The molecule has 2 N–H and O–H groups in total. The average molecular weight is 343 g/mol. The van der Waals surface area contributed by atoms with Crippen LogP contribution in [0.5, 0.6) is 5.75 Å². The predicted molar refractivity (Wildman–Crippen MR) is 93.9 cm³/mol. The highest BCUT2D eigenvalue weighted by molar-refractivity contribution is 7.99. The van der Waals surface area contributed by atoms with Crippen molar-refractivity contribution in [1.29, 1.82) is 0 Å². The van der Waals surface area contributed by atoms with E-state index in [2.05, 4.69) is 21.9 Å². The van der Waals surface area contributed by atoms with Crippen LogP contribution in [0.1, 0.15) is 23.5 Å². The summed E-state index contributed by atoms with van der Waals surface area (Å²) in [5.74, 6) is 1.21. The summed E-state index contributed by atoms with van der Waals surface area (Å²) in [5.41, 5.74) is 1.14. The molecular formula is C17H17N3O3S. The number of carbonyl (C=O) groups excluding carboxylic acids is 1. The van der Waals surface area contributed by atoms with E-state index in [1.54, 1.807) is 13.2 Å². The monoisotopic (exact) mass is 343 g/mol. The van der Waals surface area contributed by atoms with Crippen molar-refractivity contribution in [2.45, 2.75) is 17.5 Å². The number of methoxy groups -OCH3 is 1. The molecule has 0 unspecified atom stereocenters. The minimum atomic E-state index is -0.325. The Hall–Kier alpha value is -2.54. The minimum absolute atomic E-state index is 0.152. The molecule has 7 heteroatoms. The number of amides is 1. The number of hydrogen-bond donors (Lipinski definition) is 2. The highest BCUT2D eigenvalue weighted by Crippen LogP contribution is 2.34. The van der Waals surface area contributed by atoms with Gasteiger partial charge in [-0.15, -0.1) is 6.58 Å². The Bertz CT molecular complexity index is 830. The van der Waals surface area contributed by atoms with E-state index >= 15 is 0 Å². The van der Waals surface area contributed by atoms with Crippen molar-refractivity contribution in [3.63, 3.8) is 0 Å². The van der Waals surface area contributed by atoms with Crippen molar-refractivity contribution < 1.29 is 9.53 Å². The number of anilines is 1. The zero-order valence-electron chi connectivity index (χ0n) is 13.2. The molecule has 0 radical (unpaired) electrons. The molecule has 1 aromatic carbocycles. The van der Waals surface area contributed by atoms with Gasteiger partial charge in [-0.2, -0.15) is 0 Å². The number of thioether (sulfide) groups is 1. The zero-order valence-corrected chi connectivity index (χ0v) is 14.0. The van der Waals surface area contributed by atoms with Crippen molar-refractivity contribution in [3.8, 4) is 5.75 Å². The fourth-order valence-corrected chi connectivity index (χ4v) is 3.27. The van der Waals surface area contributed by atoms with Crippen LogP contribution < -0.4 is 15.6 Å². The second-order valence-corrected chi connectivity index (χ2v) is 6.32. The van der Waals surface area contributed by atoms with Gasteiger partial charge in [0.25, 0.3) is 5.56 Å². The van der Waals surface area contributed by atoms with Crippen molar-refractivity contribution in [2.24, 2.45) is 0 Å². The maximum absolute atomic E-state index is 12.6. The number of aromatic nitrogens is 2. The summed E-state index contributed by atoms with van der Waals surface area (Å²) in [6.07, 6.45) is 1.94. The van der Waals surface area contributed by atoms with Gasteiger partial charge in [0.1, 0.15) is 11.6 Å². The number of aromatic amines is 1. The smallest absolute Gasteiger partial charge is 0.257 e. The van der Waals surface area contributed by atoms with Gasteiger partial charge in [-0.1, -0.05) is 30.0 Å². The Labute approximate surface area is 143 Å². The first kappa shape index (κ1) is 16.3. The van der Waals surface area contributed by atoms with Crippen LogP contribution in [0.15, 0.2) is 46.9 Å². The lowest BCUT2D eigenvalue weighted by molar-refractivity contribution is -0.116. The number of carbonyl (C=O) groups is 1. The third kappa shape index (κ3) is 3.21. The van der Waals surface area contributed by atoms with E-state index < -0.39 is 0 Å². The molecule has 124 valence electrons. The van der Waals surface area contributed by atoms with Crippen LogP contribution in [-0.4, -0.2) is 28.7 Å². The highest BCUT2D eigenvalue weighted by Gasteiger charge is 2.30. The first-order valence-electron chi connectivity index (χ1n) is 7.44. The lowest BCUT2D eigenvalue weighted by Gasteiger charge is -2.24. The van der Waals surface area contributed by atoms with Crippen LogP contribution in [0, 0.1) is 0 Å². The maximum Gasteiger partial charge on any atom is 0.257 e. The van der Waals surface area contributed by atoms with Crippen LogP contribution in [0.3, 0.4) is 0 Å². The quantitative estimate of drug-likeness (QED) is 0.495. The van der Waals surface area contributed by atoms with Gasteiger partial charge in [-0.25, -0.2) is 4.98 Å². The van der Waals surface area contributed by atoms with Gasteiger partial charge in [0.2, 0.25) is 5.91 Å². The summed E-state index contributed by atoms with van der Waals surface area (Å²) in [4.78, 5) is 31.8. The molecule has 1 atom stereocenters. The number of fused-ring (bicyclic) bond motifs is 1. The molecule has 1 aliphatic heterocycles. The number of hydrogen-bond acceptors (Lipinski definition) is 5. The molecule has 0 saturated carbocycles. The number of nitrogens with one attached hydrogen (secondary N) is 2. The van der Waals surface area contributed by atoms with Crippen molar-refractivity contribution >= 4 is 23.5 Å². The molecule has 3 rings (SSSR count). The van der Waals surface area contributed by atoms with Crippen LogP contribution in [0.2, 0.25) is 0 Å². The number of benzene rings is 1. The van der Waals surface area contributed by atoms with Gasteiger partial charge >= 0.3 is 0 Å². The SMILES string of the molecule is C=CCSc1nc2c(c(=O)[nH]1)[C@H](c1ccc(OC)cc1)CC(=O)N2. The molecule has 24 heavy (non-hydrogen) atoms. The van der Waals surface area contributed by atoms with Gasteiger partial charge in [0, 0.05) is 18.1 Å². The number of ether oxygens (including phenoxy) is 1. The Morgan fingerprint density at radius 3 is 2.79 bits per heavy atom. The molecule has 2 heterocycles. The molecule has 2 aromatic rings. The number of rotatable bonds is 5. The lowest BCUT2D eigenvalue weighted by Crippen LogP contribution is -2.31. The Morgan fingerprint density at radius 1 is 1.38 bits per heavy atom. The summed E-state index contributed by atoms with van der Waals surface area (Å²) >= 11 is 1.36. The normalized spacial score (nSPS) is 16.2. The summed E-state index contributed by atoms with van der Waals surface area (Å²) < 4.78 is 5.15. The van der Waals surface area contributed by atoms with E-state index in [1.807, 2.05) is 24.3 Å². The molecule has 0 fully saturated rings. The summed E-state index contributed by atoms with van der Waals surface area (Å²) in [6.45, 7) is 3.64. The third-order valence-electron chi connectivity index (χ3n) is 3.79. The minimum Gasteiger partial charge on any atom is -0.497 e. The highest BCUT2D eigenvalue weighted by atomic mass is 32.2. The van der Waals surface area contributed by atoms with E-state index in [0.29, 0.717) is 22.3 Å². The van der Waals surface area contributed by atoms with Crippen LogP contribution >= 0.6 is 11.8 Å². The van der Waals surface area contributed by atoms with E-state index in [0.717, 1.165) is 11.3 Å². The standard InChI is InChI=1S/C17H17N3O3S/c1-3-8-24-17-19-15-14(16(22)20-17)12(9-13(21)18-15)10-4-6-11(23-2)7-5-10/h3-7,12H,1,8-9H2,2H3,(H2,18,19,20,21,22)/t12-/m0/s1. The van der Waals surface area contributed by atoms with E-state index in [1.165, 1.54) is 11.8 Å². The second kappa shape index (κ2) is 6.92. The summed E-state index contributed by atoms with van der Waals surface area (Å²) in [6, 6.07) is 7.37. The Kier molecular flexibility index (Phi) is 4.71. The van der Waals surface area contributed by atoms with Gasteiger partial charge < -0.3 is 15.0 Å². The van der Waals surface area contributed by atoms with Crippen LogP contribution in [0.4, 0.5) is 5.82 Å². The first-order valence-corrected chi connectivity index (χ1v) is 8.42. The van der Waals surface area contributed by atoms with Gasteiger partial charge in [0.15, 0.2) is 5.16 Å². The van der Waals surface area contributed by atoms with E-state index in [9.17, 15) is 9.59 Å². The zero-order chi connectivity index (χ0) is 17.1. The third-order valence-corrected chi connectivity index (χ3v) is 4.65. The molecular weight excluding hydrogens is 326 g/mol. The maximum atomic E-state index is 12.6. The average Bonchev–Trinajstić information content (AvgIpc) is 2.59. The van der Waals surface area contributed by atoms with Gasteiger partial charge in [0.05, 0.1) is 12.7 Å². The molecule has 0 saturated heterocycles. The molecule has 1 amide bonds. The lowest BCUT2D eigenvalue weighted by atomic mass is 9.87. The molecule has 1 aliphatic rings. The van der Waals surface area contributed by atoms with Crippen molar-refractivity contribution in [3.05, 3.63) is 58.4 Å². The van der Waals surface area contributed by atoms with E-state index in [4.69, 9.17) is 4.74 Å². The van der Waals surface area contributed by atoms with E-state index in [-0.39, 0.29) is 23.8 Å². The molecule has 0 spiro atoms. The molecule has 0 bridgehead atoms. The van der Waals surface area contributed by atoms with Crippen LogP contribution in [-0.2, 0) is 4.79 Å². The molecule has 1 aromatic heterocycles. The molecule has 6 nitrogen and oxygen atoms in total. The fourth-order valence-electron chi connectivity index (χ4n) is 2.68. The van der Waals surface area contributed by atoms with Crippen LogP contribution in [0.25, 0.3) is 0 Å². The number of H-pyrrole nitrogens is 1. The number of nitrogens with zero attached hydrogens (tertiary/aromatic N) is 1. The molecule has 0 aliphatic carbocycles. The Morgan fingerprint density at radius 2 is 2.12 bits per heavy atom. The first-order chi connectivity index (χ1) is 11.6. The summed E-state index contributed by atoms with van der Waals surface area (Å²) in [5, 5.41) is 3.17. The summed E-state index contributed by atoms with van der Waals surface area (Å²) in [7, 11) is 1.59.